The summed E-state index contributed by atoms with van der Waals surface area (Å²) in [5.41, 5.74) is 1.58. The molecular weight excluding hydrogens is 451 g/mol. The molecule has 1 aliphatic rings. The molecule has 3 heterocycles. The van der Waals surface area contributed by atoms with Gasteiger partial charge in [-0.1, -0.05) is 6.07 Å². The first-order valence-electron chi connectivity index (χ1n) is 10.4. The maximum Gasteiger partial charge on any atom is 0.417 e. The van der Waals surface area contributed by atoms with Crippen LogP contribution in [-0.2, 0) is 6.18 Å². The van der Waals surface area contributed by atoms with Crippen LogP contribution < -0.4 is 10.2 Å². The van der Waals surface area contributed by atoms with E-state index in [1.807, 2.05) is 11.8 Å². The molecule has 0 bridgehead atoms. The molecule has 0 radical (unpaired) electrons. The number of halogens is 3. The van der Waals surface area contributed by atoms with Gasteiger partial charge in [0.25, 0.3) is 5.91 Å². The summed E-state index contributed by atoms with van der Waals surface area (Å²) in [7, 11) is 0. The lowest BCUT2D eigenvalue weighted by atomic mass is 9.92. The molecule has 0 spiro atoms. The van der Waals surface area contributed by atoms with Gasteiger partial charge in [0.1, 0.15) is 11.9 Å². The Labute approximate surface area is 192 Å². The van der Waals surface area contributed by atoms with Crippen LogP contribution in [0.2, 0.25) is 0 Å². The monoisotopic (exact) mass is 471 g/mol. The van der Waals surface area contributed by atoms with Gasteiger partial charge < -0.3 is 20.3 Å². The molecule has 34 heavy (non-hydrogen) atoms. The summed E-state index contributed by atoms with van der Waals surface area (Å²) in [4.78, 5) is 32.9. The molecule has 1 saturated heterocycles. The summed E-state index contributed by atoms with van der Waals surface area (Å²) in [6.07, 6.45) is -0.630. The van der Waals surface area contributed by atoms with Crippen molar-refractivity contribution in [2.24, 2.45) is 0 Å². The number of nitro groups is 1. The Morgan fingerprint density at radius 1 is 1.24 bits per heavy atom. The minimum absolute atomic E-state index is 0.0165. The molecule has 3 aromatic rings. The molecule has 1 aliphatic heterocycles. The van der Waals surface area contributed by atoms with Gasteiger partial charge in [0.15, 0.2) is 0 Å². The molecule has 0 saturated carbocycles. The number of nitrogens with zero attached hydrogens (tertiary/aromatic N) is 4. The number of nitrogens with one attached hydrogen (secondary N) is 1. The number of aryl methyl sites for hydroxylation is 1. The van der Waals surface area contributed by atoms with Crippen molar-refractivity contribution >= 4 is 23.1 Å². The van der Waals surface area contributed by atoms with Crippen molar-refractivity contribution in [1.29, 1.82) is 0 Å². The topological polar surface area (TPSA) is 101 Å². The van der Waals surface area contributed by atoms with Gasteiger partial charge in [-0.15, -0.1) is 0 Å². The Balaban J connectivity index is 1.53. The first-order chi connectivity index (χ1) is 16.1. The van der Waals surface area contributed by atoms with Gasteiger partial charge in [-0.3, -0.25) is 9.78 Å². The quantitative estimate of drug-likeness (QED) is 0.417. The molecule has 1 amide bonds. The molecule has 0 aliphatic carbocycles. The van der Waals surface area contributed by atoms with Crippen LogP contribution in [0.1, 0.15) is 39.4 Å². The number of alkyl halides is 3. The van der Waals surface area contributed by atoms with Crippen molar-refractivity contribution in [3.05, 3.63) is 87.4 Å². The van der Waals surface area contributed by atoms with E-state index in [2.05, 4.69) is 15.3 Å². The maximum absolute atomic E-state index is 12.9. The third kappa shape index (κ3) is 4.82. The number of carbonyl (C=O) groups excluding carboxylic acids is 1. The predicted octanol–water partition coefficient (Wildman–Crippen LogP) is 4.96. The highest BCUT2D eigenvalue weighted by atomic mass is 19.4. The first kappa shape index (κ1) is 23.1. The Morgan fingerprint density at radius 2 is 2.03 bits per heavy atom. The molecule has 1 aromatic carbocycles. The van der Waals surface area contributed by atoms with Gasteiger partial charge in [-0.25, -0.2) is 0 Å². The van der Waals surface area contributed by atoms with E-state index in [0.29, 0.717) is 30.5 Å². The Kier molecular flexibility index (Phi) is 6.18. The summed E-state index contributed by atoms with van der Waals surface area (Å²) in [6.45, 7) is 3.00. The zero-order chi connectivity index (χ0) is 24.5. The molecule has 176 valence electrons. The number of hydrogen-bond acceptors (Lipinski definition) is 6. The van der Waals surface area contributed by atoms with E-state index in [1.54, 1.807) is 30.3 Å². The van der Waals surface area contributed by atoms with Crippen LogP contribution in [-0.4, -0.2) is 33.9 Å². The van der Waals surface area contributed by atoms with Gasteiger partial charge >= 0.3 is 12.0 Å². The molecular formula is C23H20F3N5O3. The minimum Gasteiger partial charge on any atom is -0.364 e. The number of hydrogen-bond donors (Lipinski definition) is 1. The fourth-order valence-corrected chi connectivity index (χ4v) is 4.10. The zero-order valence-electron chi connectivity index (χ0n) is 18.0. The molecule has 1 fully saturated rings. The molecule has 11 heteroatoms. The van der Waals surface area contributed by atoms with Crippen LogP contribution in [0, 0.1) is 17.0 Å². The van der Waals surface area contributed by atoms with Gasteiger partial charge in [0.05, 0.1) is 17.4 Å². The number of rotatable bonds is 5. The van der Waals surface area contributed by atoms with E-state index in [-0.39, 0.29) is 17.4 Å². The number of amides is 1. The highest BCUT2D eigenvalue weighted by Crippen LogP contribution is 2.36. The largest absolute Gasteiger partial charge is 0.417 e. The van der Waals surface area contributed by atoms with E-state index >= 15 is 0 Å². The van der Waals surface area contributed by atoms with Crippen LogP contribution in [0.25, 0.3) is 0 Å². The van der Waals surface area contributed by atoms with Crippen LogP contribution >= 0.6 is 0 Å². The Morgan fingerprint density at radius 3 is 2.76 bits per heavy atom. The average molecular weight is 471 g/mol. The first-order valence-corrected chi connectivity index (χ1v) is 10.4. The van der Waals surface area contributed by atoms with Crippen LogP contribution in [0.3, 0.4) is 0 Å². The van der Waals surface area contributed by atoms with E-state index in [4.69, 9.17) is 0 Å². The summed E-state index contributed by atoms with van der Waals surface area (Å²) in [5, 5.41) is 13.8. The summed E-state index contributed by atoms with van der Waals surface area (Å²) in [5.74, 6) is -0.745. The molecule has 1 N–H and O–H groups in total. The summed E-state index contributed by atoms with van der Waals surface area (Å²) < 4.78 is 38.8. The summed E-state index contributed by atoms with van der Waals surface area (Å²) >= 11 is 0. The smallest absolute Gasteiger partial charge is 0.364 e. The molecule has 0 unspecified atom stereocenters. The number of anilines is 2. The summed E-state index contributed by atoms with van der Waals surface area (Å²) in [6, 6.07) is 9.24. The highest BCUT2D eigenvalue weighted by Gasteiger charge is 2.32. The second kappa shape index (κ2) is 9.08. The third-order valence-electron chi connectivity index (χ3n) is 5.77. The molecule has 2 aromatic heterocycles. The van der Waals surface area contributed by atoms with Crippen LogP contribution in [0.15, 0.2) is 55.0 Å². The average Bonchev–Trinajstić information content (AvgIpc) is 3.29. The fraction of sp³-hybridized carbons (Fsp3) is 0.261. The zero-order valence-corrected chi connectivity index (χ0v) is 18.0. The number of carbonyl (C=O) groups is 1. The fourth-order valence-electron chi connectivity index (χ4n) is 4.10. The molecule has 4 rings (SSSR count). The van der Waals surface area contributed by atoms with Gasteiger partial charge in [-0.05, 0) is 64.7 Å². The van der Waals surface area contributed by atoms with Gasteiger partial charge in [-0.2, -0.15) is 13.2 Å². The van der Waals surface area contributed by atoms with Crippen molar-refractivity contribution in [2.75, 3.05) is 23.3 Å². The Hall–Kier alpha value is -4.02. The van der Waals surface area contributed by atoms with E-state index < -0.39 is 22.6 Å². The number of pyridine rings is 2. The lowest BCUT2D eigenvalue weighted by Crippen LogP contribution is -2.21. The number of benzene rings is 1. The van der Waals surface area contributed by atoms with Crippen molar-refractivity contribution in [3.63, 3.8) is 0 Å². The highest BCUT2D eigenvalue weighted by molar-refractivity contribution is 6.04. The second-order valence-electron chi connectivity index (χ2n) is 8.02. The minimum atomic E-state index is -4.57. The second-order valence-corrected chi connectivity index (χ2v) is 8.02. The van der Waals surface area contributed by atoms with E-state index in [1.165, 1.54) is 6.20 Å². The van der Waals surface area contributed by atoms with E-state index in [9.17, 15) is 28.1 Å². The predicted molar refractivity (Wildman–Crippen MR) is 119 cm³/mol. The van der Waals surface area contributed by atoms with Gasteiger partial charge in [0.2, 0.25) is 0 Å². The van der Waals surface area contributed by atoms with Crippen molar-refractivity contribution in [2.45, 2.75) is 25.4 Å². The molecule has 1 atom stereocenters. The molecule has 8 nitrogen and oxygen atoms in total. The third-order valence-corrected chi connectivity index (χ3v) is 5.77. The Bertz CT molecular complexity index is 1250. The van der Waals surface area contributed by atoms with Crippen molar-refractivity contribution in [3.8, 4) is 0 Å². The normalized spacial score (nSPS) is 15.9. The maximum atomic E-state index is 12.9. The number of aromatic nitrogens is 2. The standard InChI is InChI=1S/C23H20F3N5O3/c1-14-4-5-15(22(32)29-18-10-17(11-27-12-18)23(24,25)26)9-19(14)16-6-8-30(13-16)20-3-2-7-28-21(20)31(33)34/h2-5,7,9-12,16H,6,8,13H2,1H3,(H,29,32)/t16-/m1/s1. The lowest BCUT2D eigenvalue weighted by Gasteiger charge is -2.19. The lowest BCUT2D eigenvalue weighted by molar-refractivity contribution is -0.388. The SMILES string of the molecule is Cc1ccc(C(=O)Nc2cncc(C(F)(F)F)c2)cc1[C@@H]1CCN(c2cccnc2[N+](=O)[O-])C1. The van der Waals surface area contributed by atoms with Crippen LogP contribution in [0.4, 0.5) is 30.4 Å². The van der Waals surface area contributed by atoms with Gasteiger partial charge in [0, 0.05) is 30.8 Å². The van der Waals surface area contributed by atoms with Crippen LogP contribution in [0.5, 0.6) is 0 Å². The van der Waals surface area contributed by atoms with Crippen molar-refractivity contribution in [1.82, 2.24) is 9.97 Å². The van der Waals surface area contributed by atoms with E-state index in [0.717, 1.165) is 29.8 Å². The van der Waals surface area contributed by atoms with Crippen molar-refractivity contribution < 1.29 is 22.9 Å².